The zero-order chi connectivity index (χ0) is 20.6. The van der Waals surface area contributed by atoms with Crippen molar-refractivity contribution in [3.05, 3.63) is 53.8 Å². The summed E-state index contributed by atoms with van der Waals surface area (Å²) in [5.74, 6) is 0.00381. The van der Waals surface area contributed by atoms with Crippen LogP contribution in [0, 0.1) is 17.7 Å². The predicted octanol–water partition coefficient (Wildman–Crippen LogP) is 3.25. The van der Waals surface area contributed by atoms with E-state index in [0.29, 0.717) is 17.5 Å². The third kappa shape index (κ3) is 4.21. The van der Waals surface area contributed by atoms with Gasteiger partial charge in [-0.3, -0.25) is 10.2 Å². The zero-order valence-corrected chi connectivity index (χ0v) is 17.1. The molecule has 3 unspecified atom stereocenters. The van der Waals surface area contributed by atoms with Crippen LogP contribution in [0.4, 0.5) is 4.39 Å². The van der Waals surface area contributed by atoms with Crippen LogP contribution < -0.4 is 10.9 Å². The number of benzene rings is 2. The van der Waals surface area contributed by atoms with E-state index in [-0.39, 0.29) is 34.5 Å². The van der Waals surface area contributed by atoms with Crippen LogP contribution in [0.3, 0.4) is 0 Å². The van der Waals surface area contributed by atoms with E-state index in [1.807, 2.05) is 0 Å². The summed E-state index contributed by atoms with van der Waals surface area (Å²) < 4.78 is 38.3. The van der Waals surface area contributed by atoms with E-state index >= 15 is 0 Å². The smallest absolute Gasteiger partial charge is 0.237 e. The van der Waals surface area contributed by atoms with Crippen LogP contribution >= 0.6 is 0 Å². The number of halogens is 1. The van der Waals surface area contributed by atoms with E-state index in [9.17, 15) is 17.6 Å². The third-order valence-corrected chi connectivity index (χ3v) is 7.22. The summed E-state index contributed by atoms with van der Waals surface area (Å²) in [6.07, 6.45) is 5.95. The van der Waals surface area contributed by atoms with Gasteiger partial charge in [-0.25, -0.2) is 18.2 Å². The monoisotopic (exact) mass is 416 g/mol. The number of hydrazine groups is 1. The second kappa shape index (κ2) is 7.88. The fraction of sp³-hybridized carbons (Fsp3) is 0.409. The van der Waals surface area contributed by atoms with Gasteiger partial charge >= 0.3 is 0 Å². The molecule has 1 amide bonds. The molecule has 1 heterocycles. The largest absolute Gasteiger partial charge is 0.291 e. The number of amides is 1. The van der Waals surface area contributed by atoms with Gasteiger partial charge in [0.2, 0.25) is 5.91 Å². The molecular formula is C22H25FN2O3S. The lowest BCUT2D eigenvalue weighted by Gasteiger charge is -2.41. The Balaban J connectivity index is 1.62. The minimum Gasteiger partial charge on any atom is -0.291 e. The number of rotatable bonds is 4. The van der Waals surface area contributed by atoms with Gasteiger partial charge in [0.05, 0.1) is 4.90 Å². The minimum atomic E-state index is -3.37. The van der Waals surface area contributed by atoms with E-state index in [4.69, 9.17) is 0 Å². The lowest BCUT2D eigenvalue weighted by molar-refractivity contribution is -0.133. The van der Waals surface area contributed by atoms with Gasteiger partial charge in [-0.15, -0.1) is 0 Å². The molecule has 2 aromatic carbocycles. The highest BCUT2D eigenvalue weighted by atomic mass is 32.2. The van der Waals surface area contributed by atoms with Crippen LogP contribution in [-0.2, 0) is 21.1 Å². The van der Waals surface area contributed by atoms with E-state index in [1.54, 1.807) is 24.3 Å². The molecule has 5 nitrogen and oxygen atoms in total. The molecule has 1 aliphatic heterocycles. The second-order valence-corrected chi connectivity index (χ2v) is 10.1. The fourth-order valence-electron chi connectivity index (χ4n) is 4.60. The van der Waals surface area contributed by atoms with E-state index < -0.39 is 9.84 Å². The second-order valence-electron chi connectivity index (χ2n) is 8.11. The summed E-state index contributed by atoms with van der Waals surface area (Å²) in [5.41, 5.74) is 7.82. The summed E-state index contributed by atoms with van der Waals surface area (Å²) in [6, 6.07) is 11.4. The van der Waals surface area contributed by atoms with Crippen molar-refractivity contribution in [3.63, 3.8) is 0 Å². The Morgan fingerprint density at radius 2 is 1.90 bits per heavy atom. The minimum absolute atomic E-state index is 0.0429. The molecule has 3 atom stereocenters. The predicted molar refractivity (Wildman–Crippen MR) is 109 cm³/mol. The van der Waals surface area contributed by atoms with Gasteiger partial charge < -0.3 is 0 Å². The number of carbonyl (C=O) groups excluding carboxylic acids is 1. The number of hydrogen-bond donors (Lipinski definition) is 2. The number of sulfone groups is 1. The highest BCUT2D eigenvalue weighted by molar-refractivity contribution is 7.90. The highest BCUT2D eigenvalue weighted by Crippen LogP contribution is 2.36. The van der Waals surface area contributed by atoms with Crippen LogP contribution in [0.2, 0.25) is 0 Å². The quantitative estimate of drug-likeness (QED) is 0.802. The van der Waals surface area contributed by atoms with Crippen molar-refractivity contribution in [2.24, 2.45) is 11.8 Å². The summed E-state index contributed by atoms with van der Waals surface area (Å²) in [4.78, 5) is 12.3. The normalized spacial score (nSPS) is 24.6. The van der Waals surface area contributed by atoms with Crippen LogP contribution in [0.1, 0.15) is 31.2 Å². The summed E-state index contributed by atoms with van der Waals surface area (Å²) in [7, 11) is -3.37. The van der Waals surface area contributed by atoms with Crippen molar-refractivity contribution in [1.82, 2.24) is 10.9 Å². The number of carbonyl (C=O) groups is 1. The molecule has 2 N–H and O–H groups in total. The zero-order valence-electron chi connectivity index (χ0n) is 16.3. The molecule has 2 aliphatic rings. The highest BCUT2D eigenvalue weighted by Gasteiger charge is 2.39. The van der Waals surface area contributed by atoms with E-state index in [1.165, 1.54) is 18.2 Å². The Morgan fingerprint density at radius 3 is 2.69 bits per heavy atom. The van der Waals surface area contributed by atoms with E-state index in [2.05, 4.69) is 10.9 Å². The van der Waals surface area contributed by atoms with Gasteiger partial charge in [-0.1, -0.05) is 31.0 Å². The molecule has 4 rings (SSSR count). The summed E-state index contributed by atoms with van der Waals surface area (Å²) in [6.45, 7) is 0. The maximum atomic E-state index is 14.6. The average Bonchev–Trinajstić information content (AvgIpc) is 2.71. The Hall–Kier alpha value is -2.25. The van der Waals surface area contributed by atoms with Crippen molar-refractivity contribution >= 4 is 15.7 Å². The first kappa shape index (κ1) is 20.0. The maximum Gasteiger partial charge on any atom is 0.237 e. The summed E-state index contributed by atoms with van der Waals surface area (Å²) >= 11 is 0. The lowest BCUT2D eigenvalue weighted by atomic mass is 9.72. The topological polar surface area (TPSA) is 75.3 Å². The molecule has 2 fully saturated rings. The van der Waals surface area contributed by atoms with Crippen molar-refractivity contribution in [2.75, 3.05) is 6.26 Å². The molecule has 1 saturated heterocycles. The molecular weight excluding hydrogens is 391 g/mol. The Morgan fingerprint density at radius 1 is 1.10 bits per heavy atom. The molecule has 1 saturated carbocycles. The molecule has 0 spiro atoms. The molecule has 29 heavy (non-hydrogen) atoms. The van der Waals surface area contributed by atoms with Crippen LogP contribution in [-0.4, -0.2) is 26.6 Å². The number of fused-ring (bicyclic) bond motifs is 1. The first-order valence-electron chi connectivity index (χ1n) is 9.97. The van der Waals surface area contributed by atoms with Crippen LogP contribution in [0.25, 0.3) is 11.1 Å². The number of hydrogen-bond acceptors (Lipinski definition) is 4. The molecule has 0 aromatic heterocycles. The van der Waals surface area contributed by atoms with Crippen molar-refractivity contribution in [3.8, 4) is 11.1 Å². The first-order chi connectivity index (χ1) is 13.8. The molecule has 2 aromatic rings. The first-order valence-corrected chi connectivity index (χ1v) is 11.9. The van der Waals surface area contributed by atoms with Crippen molar-refractivity contribution in [1.29, 1.82) is 0 Å². The lowest BCUT2D eigenvalue weighted by Crippen LogP contribution is -2.60. The molecule has 7 heteroatoms. The Labute approximate surface area is 170 Å². The van der Waals surface area contributed by atoms with Gasteiger partial charge in [-0.2, -0.15) is 0 Å². The van der Waals surface area contributed by atoms with Crippen molar-refractivity contribution in [2.45, 2.75) is 43.0 Å². The van der Waals surface area contributed by atoms with Gasteiger partial charge in [0.25, 0.3) is 0 Å². The van der Waals surface area contributed by atoms with Crippen LogP contribution in [0.5, 0.6) is 0 Å². The fourth-order valence-corrected chi connectivity index (χ4v) is 5.27. The van der Waals surface area contributed by atoms with Gasteiger partial charge in [-0.05, 0) is 60.6 Å². The molecule has 0 bridgehead atoms. The third-order valence-electron chi connectivity index (χ3n) is 6.11. The average molecular weight is 417 g/mol. The maximum absolute atomic E-state index is 14.6. The van der Waals surface area contributed by atoms with Crippen LogP contribution in [0.15, 0.2) is 47.4 Å². The van der Waals surface area contributed by atoms with E-state index in [0.717, 1.165) is 37.5 Å². The van der Waals surface area contributed by atoms with Gasteiger partial charge in [0.1, 0.15) is 5.82 Å². The Bertz CT molecular complexity index is 1040. The summed E-state index contributed by atoms with van der Waals surface area (Å²) in [5, 5.41) is 0. The SMILES string of the molecule is CS(=O)(=O)c1cccc(-c2cc(CC3NNC(=O)C4CCCCC34)ccc2F)c1. The van der Waals surface area contributed by atoms with Gasteiger partial charge in [0, 0.05) is 23.8 Å². The molecule has 154 valence electrons. The molecule has 0 radical (unpaired) electrons. The van der Waals surface area contributed by atoms with Crippen molar-refractivity contribution < 1.29 is 17.6 Å². The number of nitrogens with one attached hydrogen (secondary N) is 2. The standard InChI is InChI=1S/C22H25FN2O3S/c1-29(27,28)16-6-4-5-15(13-16)19-11-14(9-10-20(19)23)12-21-17-7-2-3-8-18(17)22(26)25-24-21/h4-6,9-11,13,17-18,21,24H,2-3,7-8,12H2,1H3,(H,25,26). The molecule has 1 aliphatic carbocycles. The van der Waals surface area contributed by atoms with Gasteiger partial charge in [0.15, 0.2) is 9.84 Å². The Kier molecular flexibility index (Phi) is 5.44.